The highest BCUT2D eigenvalue weighted by Crippen LogP contribution is 2.33. The normalized spacial score (nSPS) is 13.7. The Balaban J connectivity index is 1.97. The van der Waals surface area contributed by atoms with Gasteiger partial charge in [0.05, 0.1) is 11.2 Å². The Hall–Kier alpha value is -1.88. The molecule has 2 aromatic rings. The van der Waals surface area contributed by atoms with Crippen LogP contribution >= 0.6 is 11.3 Å². The smallest absolute Gasteiger partial charge is 0.270 e. The first-order chi connectivity index (χ1) is 8.66. The van der Waals surface area contributed by atoms with E-state index in [1.54, 1.807) is 11.1 Å². The van der Waals surface area contributed by atoms with Crippen molar-refractivity contribution < 1.29 is 4.79 Å². The van der Waals surface area contributed by atoms with Crippen molar-refractivity contribution in [2.45, 2.75) is 13.3 Å². The van der Waals surface area contributed by atoms with E-state index in [1.165, 1.54) is 11.3 Å². The number of benzene rings is 1. The Labute approximate surface area is 109 Å². The maximum absolute atomic E-state index is 12.4. The zero-order valence-corrected chi connectivity index (χ0v) is 10.8. The van der Waals surface area contributed by atoms with Crippen LogP contribution in [0.5, 0.6) is 0 Å². The van der Waals surface area contributed by atoms with Crippen molar-refractivity contribution in [1.82, 2.24) is 4.98 Å². The summed E-state index contributed by atoms with van der Waals surface area (Å²) in [5.74, 6) is 0.0185. The number of aryl methyl sites for hydroxylation is 1. The lowest BCUT2D eigenvalue weighted by molar-refractivity contribution is 0.0993. The van der Waals surface area contributed by atoms with Gasteiger partial charge in [-0.05, 0) is 25.5 Å². The van der Waals surface area contributed by atoms with Gasteiger partial charge in [0, 0.05) is 23.5 Å². The van der Waals surface area contributed by atoms with Gasteiger partial charge in [0.15, 0.2) is 0 Å². The number of nitrogen functional groups attached to an aromatic ring is 1. The third-order valence-electron chi connectivity index (χ3n) is 3.14. The minimum Gasteiger partial charge on any atom is -0.398 e. The predicted octanol–water partition coefficient (Wildman–Crippen LogP) is 2.24. The van der Waals surface area contributed by atoms with Gasteiger partial charge in [-0.2, -0.15) is 0 Å². The summed E-state index contributed by atoms with van der Waals surface area (Å²) in [7, 11) is 0. The third-order valence-corrected chi connectivity index (χ3v) is 4.04. The highest BCUT2D eigenvalue weighted by atomic mass is 32.1. The zero-order valence-electron chi connectivity index (χ0n) is 10.0. The molecular formula is C13H13N3OS. The molecule has 5 heteroatoms. The molecule has 0 spiro atoms. The topological polar surface area (TPSA) is 59.2 Å². The van der Waals surface area contributed by atoms with Crippen LogP contribution in [0.2, 0.25) is 0 Å². The Morgan fingerprint density at radius 1 is 1.50 bits per heavy atom. The van der Waals surface area contributed by atoms with Gasteiger partial charge in [-0.3, -0.25) is 4.79 Å². The minimum absolute atomic E-state index is 0.0185. The number of nitrogens with two attached hydrogens (primary N) is 1. The first-order valence-corrected chi connectivity index (χ1v) is 6.60. The van der Waals surface area contributed by atoms with Crippen LogP contribution in [0.15, 0.2) is 24.4 Å². The van der Waals surface area contributed by atoms with Gasteiger partial charge in [-0.1, -0.05) is 6.07 Å². The average Bonchev–Trinajstić information content (AvgIpc) is 2.95. The standard InChI is InChI=1S/C13H13N3OS/c1-8-15-7-12(18-8)13(17)16-6-5-9-10(14)3-2-4-11(9)16/h2-4,7H,5-6,14H2,1H3. The molecular weight excluding hydrogens is 246 g/mol. The quantitative estimate of drug-likeness (QED) is 0.799. The van der Waals surface area contributed by atoms with Crippen molar-refractivity contribution in [3.63, 3.8) is 0 Å². The Morgan fingerprint density at radius 2 is 2.33 bits per heavy atom. The maximum atomic E-state index is 12.4. The summed E-state index contributed by atoms with van der Waals surface area (Å²) in [5, 5.41) is 0.908. The Kier molecular flexibility index (Phi) is 2.56. The van der Waals surface area contributed by atoms with E-state index >= 15 is 0 Å². The van der Waals surface area contributed by atoms with Crippen molar-refractivity contribution in [1.29, 1.82) is 0 Å². The van der Waals surface area contributed by atoms with Crippen LogP contribution in [0.3, 0.4) is 0 Å². The average molecular weight is 259 g/mol. The molecule has 0 unspecified atom stereocenters. The van der Waals surface area contributed by atoms with Crippen molar-refractivity contribution in [3.05, 3.63) is 39.8 Å². The first-order valence-electron chi connectivity index (χ1n) is 5.78. The molecule has 1 aromatic heterocycles. The molecule has 0 saturated heterocycles. The molecule has 2 heterocycles. The minimum atomic E-state index is 0.0185. The monoisotopic (exact) mass is 259 g/mol. The maximum Gasteiger partial charge on any atom is 0.270 e. The fraction of sp³-hybridized carbons (Fsp3) is 0.231. The molecule has 0 fully saturated rings. The van der Waals surface area contributed by atoms with E-state index < -0.39 is 0 Å². The number of amides is 1. The van der Waals surface area contributed by atoms with E-state index in [-0.39, 0.29) is 5.91 Å². The van der Waals surface area contributed by atoms with Crippen molar-refractivity contribution in [2.75, 3.05) is 17.2 Å². The second-order valence-corrected chi connectivity index (χ2v) is 5.53. The molecule has 1 aromatic carbocycles. The molecule has 0 atom stereocenters. The molecule has 0 aliphatic carbocycles. The van der Waals surface area contributed by atoms with Gasteiger partial charge in [-0.25, -0.2) is 4.98 Å². The number of hydrogen-bond acceptors (Lipinski definition) is 4. The predicted molar refractivity (Wildman–Crippen MR) is 73.1 cm³/mol. The van der Waals surface area contributed by atoms with E-state index in [9.17, 15) is 4.79 Å². The first kappa shape index (κ1) is 11.2. The SMILES string of the molecule is Cc1ncc(C(=O)N2CCc3c(N)cccc32)s1. The van der Waals surface area contributed by atoms with Crippen LogP contribution in [-0.4, -0.2) is 17.4 Å². The number of thiazole rings is 1. The molecule has 3 rings (SSSR count). The van der Waals surface area contributed by atoms with Crippen LogP contribution < -0.4 is 10.6 Å². The van der Waals surface area contributed by atoms with E-state index in [2.05, 4.69) is 4.98 Å². The highest BCUT2D eigenvalue weighted by Gasteiger charge is 2.27. The molecule has 92 valence electrons. The molecule has 2 N–H and O–H groups in total. The number of carbonyl (C=O) groups excluding carboxylic acids is 1. The third kappa shape index (κ3) is 1.67. The number of nitrogens with zero attached hydrogens (tertiary/aromatic N) is 2. The lowest BCUT2D eigenvalue weighted by Crippen LogP contribution is -2.28. The van der Waals surface area contributed by atoms with Crippen molar-refractivity contribution in [3.8, 4) is 0 Å². The number of fused-ring (bicyclic) bond motifs is 1. The Bertz CT molecular complexity index is 620. The lowest BCUT2D eigenvalue weighted by Gasteiger charge is -2.16. The lowest BCUT2D eigenvalue weighted by atomic mass is 10.1. The molecule has 1 aliphatic rings. The van der Waals surface area contributed by atoms with E-state index in [0.717, 1.165) is 28.4 Å². The van der Waals surface area contributed by atoms with E-state index in [1.807, 2.05) is 25.1 Å². The largest absolute Gasteiger partial charge is 0.398 e. The van der Waals surface area contributed by atoms with Gasteiger partial charge in [-0.15, -0.1) is 11.3 Å². The van der Waals surface area contributed by atoms with Gasteiger partial charge in [0.2, 0.25) is 0 Å². The molecule has 0 bridgehead atoms. The van der Waals surface area contributed by atoms with Crippen molar-refractivity contribution >= 4 is 28.6 Å². The number of hydrogen-bond donors (Lipinski definition) is 1. The number of anilines is 2. The summed E-state index contributed by atoms with van der Waals surface area (Å²) in [6.07, 6.45) is 2.47. The molecule has 1 aliphatic heterocycles. The van der Waals surface area contributed by atoms with E-state index in [4.69, 9.17) is 5.73 Å². The fourth-order valence-corrected chi connectivity index (χ4v) is 2.99. The molecule has 0 radical (unpaired) electrons. The van der Waals surface area contributed by atoms with Gasteiger partial charge in [0.25, 0.3) is 5.91 Å². The van der Waals surface area contributed by atoms with Crippen LogP contribution in [-0.2, 0) is 6.42 Å². The van der Waals surface area contributed by atoms with Crippen LogP contribution in [0.1, 0.15) is 20.2 Å². The van der Waals surface area contributed by atoms with Crippen LogP contribution in [0, 0.1) is 6.92 Å². The second-order valence-electron chi connectivity index (χ2n) is 4.30. The van der Waals surface area contributed by atoms with Crippen LogP contribution in [0.4, 0.5) is 11.4 Å². The summed E-state index contributed by atoms with van der Waals surface area (Å²) in [4.78, 5) is 19.0. The summed E-state index contributed by atoms with van der Waals surface area (Å²) in [5.41, 5.74) is 8.71. The fourth-order valence-electron chi connectivity index (χ4n) is 2.27. The number of aromatic nitrogens is 1. The summed E-state index contributed by atoms with van der Waals surface area (Å²) < 4.78 is 0. The number of rotatable bonds is 1. The Morgan fingerprint density at radius 3 is 3.06 bits per heavy atom. The van der Waals surface area contributed by atoms with Gasteiger partial charge < -0.3 is 10.6 Å². The summed E-state index contributed by atoms with van der Waals surface area (Å²) in [6.45, 7) is 2.59. The van der Waals surface area contributed by atoms with Gasteiger partial charge >= 0.3 is 0 Å². The second kappa shape index (κ2) is 4.10. The highest BCUT2D eigenvalue weighted by molar-refractivity contribution is 7.13. The zero-order chi connectivity index (χ0) is 12.7. The van der Waals surface area contributed by atoms with Crippen LogP contribution in [0.25, 0.3) is 0 Å². The molecule has 18 heavy (non-hydrogen) atoms. The molecule has 1 amide bonds. The molecule has 4 nitrogen and oxygen atoms in total. The summed E-state index contributed by atoms with van der Waals surface area (Å²) in [6, 6.07) is 5.71. The summed E-state index contributed by atoms with van der Waals surface area (Å²) >= 11 is 1.43. The van der Waals surface area contributed by atoms with Gasteiger partial charge in [0.1, 0.15) is 4.88 Å². The molecule has 0 saturated carbocycles. The van der Waals surface area contributed by atoms with Crippen molar-refractivity contribution in [2.24, 2.45) is 0 Å². The van der Waals surface area contributed by atoms with E-state index in [0.29, 0.717) is 11.4 Å². The number of carbonyl (C=O) groups is 1.